The van der Waals surface area contributed by atoms with Crippen molar-refractivity contribution in [2.24, 2.45) is 0 Å². The van der Waals surface area contributed by atoms with Crippen molar-refractivity contribution in [2.45, 2.75) is 26.4 Å². The van der Waals surface area contributed by atoms with Crippen molar-refractivity contribution >= 4 is 11.9 Å². The van der Waals surface area contributed by atoms with Crippen molar-refractivity contribution in [3.8, 4) is 11.5 Å². The minimum absolute atomic E-state index is 0.000735. The van der Waals surface area contributed by atoms with Crippen LogP contribution in [0.15, 0.2) is 18.2 Å². The van der Waals surface area contributed by atoms with Gasteiger partial charge >= 0.3 is 0 Å². The van der Waals surface area contributed by atoms with Crippen molar-refractivity contribution in [1.29, 1.82) is 0 Å². The predicted molar refractivity (Wildman–Crippen MR) is 61.9 cm³/mol. The number of Topliss-reactive ketones (excluding diaryl/α,β-unsaturated/α-hetero) is 1. The van der Waals surface area contributed by atoms with Crippen molar-refractivity contribution in [2.75, 3.05) is 0 Å². The number of phenolic OH excluding ortho intramolecular Hbond substituents is 1. The van der Waals surface area contributed by atoms with E-state index in [2.05, 4.69) is 0 Å². The van der Waals surface area contributed by atoms with Crippen LogP contribution in [-0.2, 0) is 0 Å². The van der Waals surface area contributed by atoms with Crippen LogP contribution in [0.25, 0.3) is 6.08 Å². The van der Waals surface area contributed by atoms with Gasteiger partial charge in [0.05, 0.1) is 5.56 Å². The molecule has 2 rings (SSSR count). The molecule has 16 heavy (non-hydrogen) atoms. The van der Waals surface area contributed by atoms with E-state index in [0.717, 1.165) is 5.56 Å². The van der Waals surface area contributed by atoms with Crippen LogP contribution in [0.4, 0.5) is 0 Å². The molecule has 0 atom stereocenters. The third-order valence-corrected chi connectivity index (χ3v) is 2.54. The van der Waals surface area contributed by atoms with E-state index in [1.807, 2.05) is 26.0 Å². The molecule has 0 spiro atoms. The summed E-state index contributed by atoms with van der Waals surface area (Å²) in [4.78, 5) is 11.3. The summed E-state index contributed by atoms with van der Waals surface area (Å²) in [6.07, 6.45) is 3.81. The number of hydrogen-bond donors (Lipinski definition) is 1. The molecule has 3 nitrogen and oxygen atoms in total. The molecular weight excluding hydrogens is 204 g/mol. The molecule has 0 bridgehead atoms. The summed E-state index contributed by atoms with van der Waals surface area (Å²) in [6, 6.07) is 3.15. The fraction of sp³-hybridized carbons (Fsp3) is 0.308. The molecule has 0 saturated heterocycles. The summed E-state index contributed by atoms with van der Waals surface area (Å²) in [5, 5.41) is 9.66. The molecule has 0 saturated carbocycles. The molecule has 1 N–H and O–H groups in total. The zero-order chi connectivity index (χ0) is 11.9. The van der Waals surface area contributed by atoms with Gasteiger partial charge in [-0.05, 0) is 39.0 Å². The Bertz CT molecular complexity index is 484. The van der Waals surface area contributed by atoms with Crippen LogP contribution in [0.3, 0.4) is 0 Å². The fourth-order valence-electron chi connectivity index (χ4n) is 1.69. The summed E-state index contributed by atoms with van der Waals surface area (Å²) >= 11 is 0. The number of aromatic hydroxyl groups is 1. The number of carbonyl (C=O) groups excluding carboxylic acids is 1. The maximum Gasteiger partial charge on any atom is 0.163 e. The van der Waals surface area contributed by atoms with Crippen molar-refractivity contribution in [3.63, 3.8) is 0 Å². The number of carbonyl (C=O) groups is 1. The zero-order valence-electron chi connectivity index (χ0n) is 9.57. The standard InChI is InChI=1S/C13H14O3/c1-8(14)10-7-12-9(6-11(10)15)4-5-13(2,3)16-12/h4-7,15H,1-3H3. The lowest BCUT2D eigenvalue weighted by atomic mass is 9.99. The first-order valence-electron chi connectivity index (χ1n) is 5.15. The van der Waals surface area contributed by atoms with Crippen molar-refractivity contribution < 1.29 is 14.6 Å². The highest BCUT2D eigenvalue weighted by Crippen LogP contribution is 2.35. The number of rotatable bonds is 1. The quantitative estimate of drug-likeness (QED) is 0.737. The van der Waals surface area contributed by atoms with E-state index in [1.54, 1.807) is 12.1 Å². The molecular formula is C13H14O3. The maximum absolute atomic E-state index is 11.3. The van der Waals surface area contributed by atoms with Gasteiger partial charge in [-0.1, -0.05) is 6.08 Å². The second-order valence-electron chi connectivity index (χ2n) is 4.50. The SMILES string of the molecule is CC(=O)c1cc2c(cc1O)C=CC(C)(C)O2. The number of benzene rings is 1. The van der Waals surface area contributed by atoms with Gasteiger partial charge in [0.2, 0.25) is 0 Å². The van der Waals surface area contributed by atoms with Crippen LogP contribution in [0.5, 0.6) is 11.5 Å². The molecule has 0 radical (unpaired) electrons. The van der Waals surface area contributed by atoms with Gasteiger partial charge in [0, 0.05) is 5.56 Å². The number of fused-ring (bicyclic) bond motifs is 1. The lowest BCUT2D eigenvalue weighted by Gasteiger charge is -2.28. The lowest BCUT2D eigenvalue weighted by molar-refractivity contribution is 0.101. The maximum atomic E-state index is 11.3. The minimum atomic E-state index is -0.377. The summed E-state index contributed by atoms with van der Waals surface area (Å²) in [6.45, 7) is 5.30. The smallest absolute Gasteiger partial charge is 0.163 e. The van der Waals surface area contributed by atoms with E-state index < -0.39 is 0 Å². The minimum Gasteiger partial charge on any atom is -0.507 e. The normalized spacial score (nSPS) is 16.4. The van der Waals surface area contributed by atoms with Crippen molar-refractivity contribution in [1.82, 2.24) is 0 Å². The van der Waals surface area contributed by atoms with E-state index in [4.69, 9.17) is 4.74 Å². The average Bonchev–Trinajstić information content (AvgIpc) is 2.16. The Morgan fingerprint density at radius 3 is 2.69 bits per heavy atom. The monoisotopic (exact) mass is 218 g/mol. The van der Waals surface area contributed by atoms with Gasteiger partial charge < -0.3 is 9.84 Å². The molecule has 3 heteroatoms. The first-order valence-corrected chi connectivity index (χ1v) is 5.15. The van der Waals surface area contributed by atoms with Gasteiger partial charge in [-0.25, -0.2) is 0 Å². The molecule has 0 unspecified atom stereocenters. The molecule has 0 amide bonds. The Labute approximate surface area is 94.4 Å². The van der Waals surface area contributed by atoms with Crippen LogP contribution < -0.4 is 4.74 Å². The van der Waals surface area contributed by atoms with Crippen LogP contribution in [0.2, 0.25) is 0 Å². The van der Waals surface area contributed by atoms with Gasteiger partial charge in [-0.3, -0.25) is 4.79 Å². The third kappa shape index (κ3) is 1.81. The van der Waals surface area contributed by atoms with E-state index in [1.165, 1.54) is 6.92 Å². The number of ether oxygens (including phenoxy) is 1. The molecule has 0 fully saturated rings. The topological polar surface area (TPSA) is 46.5 Å². The summed E-state index contributed by atoms with van der Waals surface area (Å²) in [5.41, 5.74) is 0.713. The van der Waals surface area contributed by atoms with Gasteiger partial charge in [-0.2, -0.15) is 0 Å². The molecule has 0 aliphatic carbocycles. The Morgan fingerprint density at radius 2 is 2.06 bits per heavy atom. The first-order chi connectivity index (χ1) is 7.39. The zero-order valence-corrected chi connectivity index (χ0v) is 9.57. The molecule has 1 aliphatic heterocycles. The first kappa shape index (κ1) is 10.7. The Hall–Kier alpha value is -1.77. The highest BCUT2D eigenvalue weighted by Gasteiger charge is 2.23. The van der Waals surface area contributed by atoms with Gasteiger partial charge in [0.25, 0.3) is 0 Å². The Balaban J connectivity index is 2.55. The van der Waals surface area contributed by atoms with E-state index in [-0.39, 0.29) is 17.1 Å². The Morgan fingerprint density at radius 1 is 1.38 bits per heavy atom. The van der Waals surface area contributed by atoms with Crippen LogP contribution in [-0.4, -0.2) is 16.5 Å². The third-order valence-electron chi connectivity index (χ3n) is 2.54. The van der Waals surface area contributed by atoms with Crippen LogP contribution in [0.1, 0.15) is 36.7 Å². The van der Waals surface area contributed by atoms with E-state index in [9.17, 15) is 9.90 Å². The molecule has 1 aliphatic rings. The van der Waals surface area contributed by atoms with Crippen LogP contribution in [0, 0.1) is 0 Å². The number of phenols is 1. The highest BCUT2D eigenvalue weighted by atomic mass is 16.5. The van der Waals surface area contributed by atoms with Crippen LogP contribution >= 0.6 is 0 Å². The number of ketones is 1. The molecule has 0 aromatic heterocycles. The second kappa shape index (κ2) is 3.37. The lowest BCUT2D eigenvalue weighted by Crippen LogP contribution is -2.27. The predicted octanol–water partition coefficient (Wildman–Crippen LogP) is 2.78. The van der Waals surface area contributed by atoms with Gasteiger partial charge in [0.15, 0.2) is 5.78 Å². The van der Waals surface area contributed by atoms with Gasteiger partial charge in [-0.15, -0.1) is 0 Å². The Kier molecular flexibility index (Phi) is 2.26. The molecule has 1 aromatic rings. The van der Waals surface area contributed by atoms with E-state index >= 15 is 0 Å². The molecule has 1 aromatic carbocycles. The largest absolute Gasteiger partial charge is 0.507 e. The molecule has 1 heterocycles. The molecule has 84 valence electrons. The fourth-order valence-corrected chi connectivity index (χ4v) is 1.69. The summed E-state index contributed by atoms with van der Waals surface area (Å²) in [7, 11) is 0. The highest BCUT2D eigenvalue weighted by molar-refractivity contribution is 5.97. The number of hydrogen-bond acceptors (Lipinski definition) is 3. The van der Waals surface area contributed by atoms with Gasteiger partial charge in [0.1, 0.15) is 17.1 Å². The van der Waals surface area contributed by atoms with E-state index in [0.29, 0.717) is 11.3 Å². The summed E-state index contributed by atoms with van der Waals surface area (Å²) in [5.74, 6) is 0.464. The average molecular weight is 218 g/mol. The van der Waals surface area contributed by atoms with Crippen molar-refractivity contribution in [3.05, 3.63) is 29.3 Å². The second-order valence-corrected chi connectivity index (χ2v) is 4.50. The summed E-state index contributed by atoms with van der Waals surface area (Å²) < 4.78 is 5.71.